The van der Waals surface area contributed by atoms with Gasteiger partial charge in [0.2, 0.25) is 0 Å². The molecular weight excluding hydrogens is 219 g/mol. The third-order valence-electron chi connectivity index (χ3n) is 3.47. The van der Waals surface area contributed by atoms with E-state index in [-0.39, 0.29) is 11.9 Å². The maximum atomic E-state index is 13.6. The summed E-state index contributed by atoms with van der Waals surface area (Å²) >= 11 is 0. The van der Waals surface area contributed by atoms with E-state index >= 15 is 0 Å². The molecule has 0 heterocycles. The minimum atomic E-state index is -0.462. The first-order chi connectivity index (χ1) is 7.98. The Morgan fingerprint density at radius 3 is 2.59 bits per heavy atom. The van der Waals surface area contributed by atoms with Gasteiger partial charge in [0.1, 0.15) is 5.82 Å². The number of hydrogen-bond acceptors (Lipinski definition) is 3. The Kier molecular flexibility index (Phi) is 4.62. The quantitative estimate of drug-likeness (QED) is 0.614. The van der Waals surface area contributed by atoms with Gasteiger partial charge in [-0.3, -0.25) is 11.3 Å². The zero-order valence-electron chi connectivity index (χ0n) is 10.9. The van der Waals surface area contributed by atoms with Gasteiger partial charge in [0.05, 0.1) is 11.6 Å². The molecule has 0 amide bonds. The molecule has 0 spiro atoms. The molecule has 2 atom stereocenters. The number of ether oxygens (including phenoxy) is 1. The van der Waals surface area contributed by atoms with Crippen molar-refractivity contribution in [2.24, 2.45) is 5.84 Å². The lowest BCUT2D eigenvalue weighted by atomic mass is 9.87. The van der Waals surface area contributed by atoms with Crippen LogP contribution in [0, 0.1) is 12.7 Å². The van der Waals surface area contributed by atoms with Crippen LogP contribution in [-0.4, -0.2) is 12.7 Å². The highest BCUT2D eigenvalue weighted by Crippen LogP contribution is 2.31. The average molecular weight is 240 g/mol. The molecule has 0 bridgehead atoms. The standard InChI is InChI=1S/C13H21FN2O/c1-5-13(3,17-4)12(16-15)10-7-6-9(2)11(14)8-10/h6-8,12,16H,5,15H2,1-4H3. The fraction of sp³-hybridized carbons (Fsp3) is 0.538. The Balaban J connectivity index is 3.13. The SMILES string of the molecule is CCC(C)(OC)C(NN)c1ccc(C)c(F)c1. The van der Waals surface area contributed by atoms with Gasteiger partial charge in [-0.2, -0.15) is 0 Å². The van der Waals surface area contributed by atoms with Crippen molar-refractivity contribution < 1.29 is 9.13 Å². The fourth-order valence-electron chi connectivity index (χ4n) is 1.88. The zero-order chi connectivity index (χ0) is 13.1. The monoisotopic (exact) mass is 240 g/mol. The molecule has 1 aromatic carbocycles. The van der Waals surface area contributed by atoms with E-state index < -0.39 is 5.60 Å². The van der Waals surface area contributed by atoms with Crippen LogP contribution in [0.4, 0.5) is 4.39 Å². The molecule has 1 aromatic rings. The highest BCUT2D eigenvalue weighted by Gasteiger charge is 2.33. The second-order valence-electron chi connectivity index (χ2n) is 4.48. The molecule has 0 aliphatic rings. The van der Waals surface area contributed by atoms with E-state index in [0.29, 0.717) is 5.56 Å². The summed E-state index contributed by atoms with van der Waals surface area (Å²) in [6.45, 7) is 5.70. The van der Waals surface area contributed by atoms with Crippen LogP contribution in [-0.2, 0) is 4.74 Å². The van der Waals surface area contributed by atoms with Crippen LogP contribution < -0.4 is 11.3 Å². The summed E-state index contributed by atoms with van der Waals surface area (Å²) in [6, 6.07) is 4.89. The Hall–Kier alpha value is -0.970. The molecule has 96 valence electrons. The largest absolute Gasteiger partial charge is 0.376 e. The van der Waals surface area contributed by atoms with Crippen LogP contribution in [0.5, 0.6) is 0 Å². The summed E-state index contributed by atoms with van der Waals surface area (Å²) < 4.78 is 19.1. The van der Waals surface area contributed by atoms with Crippen molar-refractivity contribution in [3.63, 3.8) is 0 Å². The highest BCUT2D eigenvalue weighted by molar-refractivity contribution is 5.27. The van der Waals surface area contributed by atoms with Gasteiger partial charge < -0.3 is 4.74 Å². The van der Waals surface area contributed by atoms with Crippen LogP contribution in [0.15, 0.2) is 18.2 Å². The Bertz CT molecular complexity index is 378. The summed E-state index contributed by atoms with van der Waals surface area (Å²) in [4.78, 5) is 0. The molecule has 0 saturated carbocycles. The van der Waals surface area contributed by atoms with Crippen molar-refractivity contribution in [1.82, 2.24) is 5.43 Å². The van der Waals surface area contributed by atoms with Gasteiger partial charge in [-0.25, -0.2) is 4.39 Å². The summed E-state index contributed by atoms with van der Waals surface area (Å²) in [5, 5.41) is 0. The molecule has 1 rings (SSSR count). The number of nitrogens with one attached hydrogen (secondary N) is 1. The van der Waals surface area contributed by atoms with E-state index in [1.807, 2.05) is 19.9 Å². The molecule has 0 fully saturated rings. The van der Waals surface area contributed by atoms with Gasteiger partial charge in [0.25, 0.3) is 0 Å². The van der Waals surface area contributed by atoms with Crippen molar-refractivity contribution in [3.8, 4) is 0 Å². The number of aryl methyl sites for hydroxylation is 1. The van der Waals surface area contributed by atoms with Crippen LogP contribution in [0.2, 0.25) is 0 Å². The van der Waals surface area contributed by atoms with E-state index in [4.69, 9.17) is 10.6 Å². The number of rotatable bonds is 5. The summed E-state index contributed by atoms with van der Waals surface area (Å²) in [5.41, 5.74) is 3.67. The maximum absolute atomic E-state index is 13.6. The molecule has 0 aliphatic heterocycles. The van der Waals surface area contributed by atoms with Gasteiger partial charge in [0, 0.05) is 7.11 Å². The van der Waals surface area contributed by atoms with Crippen molar-refractivity contribution in [2.45, 2.75) is 38.8 Å². The van der Waals surface area contributed by atoms with Gasteiger partial charge in [-0.1, -0.05) is 19.1 Å². The second kappa shape index (κ2) is 5.58. The Morgan fingerprint density at radius 2 is 2.18 bits per heavy atom. The van der Waals surface area contributed by atoms with E-state index in [9.17, 15) is 4.39 Å². The van der Waals surface area contributed by atoms with Crippen molar-refractivity contribution in [1.29, 1.82) is 0 Å². The molecule has 3 nitrogen and oxygen atoms in total. The van der Waals surface area contributed by atoms with Gasteiger partial charge >= 0.3 is 0 Å². The average Bonchev–Trinajstić information content (AvgIpc) is 2.34. The minimum absolute atomic E-state index is 0.225. The van der Waals surface area contributed by atoms with Crippen LogP contribution >= 0.6 is 0 Å². The van der Waals surface area contributed by atoms with Crippen LogP contribution in [0.25, 0.3) is 0 Å². The molecular formula is C13H21FN2O. The van der Waals surface area contributed by atoms with E-state index in [0.717, 1.165) is 12.0 Å². The molecule has 0 aliphatic carbocycles. The predicted molar refractivity (Wildman–Crippen MR) is 66.9 cm³/mol. The third-order valence-corrected chi connectivity index (χ3v) is 3.47. The first kappa shape index (κ1) is 14.1. The lowest BCUT2D eigenvalue weighted by Crippen LogP contribution is -2.45. The van der Waals surface area contributed by atoms with Gasteiger partial charge in [-0.05, 0) is 37.5 Å². The molecule has 0 saturated heterocycles. The molecule has 4 heteroatoms. The summed E-state index contributed by atoms with van der Waals surface area (Å²) in [5.74, 6) is 5.35. The van der Waals surface area contributed by atoms with Crippen molar-refractivity contribution in [2.75, 3.05) is 7.11 Å². The number of nitrogens with two attached hydrogens (primary N) is 1. The lowest BCUT2D eigenvalue weighted by Gasteiger charge is -2.35. The topological polar surface area (TPSA) is 47.3 Å². The fourth-order valence-corrected chi connectivity index (χ4v) is 1.88. The number of benzene rings is 1. The van der Waals surface area contributed by atoms with Crippen molar-refractivity contribution >= 4 is 0 Å². The van der Waals surface area contributed by atoms with Gasteiger partial charge in [0.15, 0.2) is 0 Å². The molecule has 0 radical (unpaired) electrons. The van der Waals surface area contributed by atoms with E-state index in [1.54, 1.807) is 20.1 Å². The van der Waals surface area contributed by atoms with Crippen molar-refractivity contribution in [3.05, 3.63) is 35.1 Å². The lowest BCUT2D eigenvalue weighted by molar-refractivity contribution is -0.0301. The summed E-state index contributed by atoms with van der Waals surface area (Å²) in [7, 11) is 1.64. The van der Waals surface area contributed by atoms with Crippen LogP contribution in [0.3, 0.4) is 0 Å². The van der Waals surface area contributed by atoms with Gasteiger partial charge in [-0.15, -0.1) is 0 Å². The normalized spacial score (nSPS) is 16.6. The van der Waals surface area contributed by atoms with E-state index in [2.05, 4.69) is 5.43 Å². The number of hydrazine groups is 1. The zero-order valence-corrected chi connectivity index (χ0v) is 10.9. The Labute approximate surface area is 102 Å². The van der Waals surface area contributed by atoms with Crippen LogP contribution in [0.1, 0.15) is 37.4 Å². The minimum Gasteiger partial charge on any atom is -0.376 e. The third kappa shape index (κ3) is 2.83. The molecule has 17 heavy (non-hydrogen) atoms. The highest BCUT2D eigenvalue weighted by atomic mass is 19.1. The second-order valence-corrected chi connectivity index (χ2v) is 4.48. The first-order valence-corrected chi connectivity index (χ1v) is 5.75. The summed E-state index contributed by atoms with van der Waals surface area (Å²) in [6.07, 6.45) is 0.772. The molecule has 0 aromatic heterocycles. The smallest absolute Gasteiger partial charge is 0.126 e. The maximum Gasteiger partial charge on any atom is 0.126 e. The Morgan fingerprint density at radius 1 is 1.53 bits per heavy atom. The number of hydrogen-bond donors (Lipinski definition) is 2. The molecule has 2 unspecified atom stereocenters. The number of halogens is 1. The number of methoxy groups -OCH3 is 1. The van der Waals surface area contributed by atoms with E-state index in [1.165, 1.54) is 6.07 Å². The first-order valence-electron chi connectivity index (χ1n) is 5.75. The molecule has 3 N–H and O–H groups in total. The predicted octanol–water partition coefficient (Wildman–Crippen LogP) is 2.45.